The summed E-state index contributed by atoms with van der Waals surface area (Å²) in [5.41, 5.74) is 2.18. The lowest BCUT2D eigenvalue weighted by atomic mass is 10.0. The number of hydrogen-bond acceptors (Lipinski definition) is 5. The van der Waals surface area contributed by atoms with Crippen LogP contribution in [-0.2, 0) is 17.8 Å². The topological polar surface area (TPSA) is 72.3 Å². The molecule has 26 heavy (non-hydrogen) atoms. The molecule has 2 aromatic heterocycles. The van der Waals surface area contributed by atoms with Crippen molar-refractivity contribution in [2.45, 2.75) is 32.9 Å². The Hall–Kier alpha value is -2.80. The number of rotatable bonds is 3. The number of nitrogens with zero attached hydrogens (tertiary/aromatic N) is 3. The Bertz CT molecular complexity index is 1100. The van der Waals surface area contributed by atoms with Gasteiger partial charge in [0.25, 0.3) is 5.56 Å². The number of ketones is 1. The SMILES string of the molecule is CC(=O)N1c2ccc(C(=O)Cn3cnc4sccc4c3=O)cc2C[C@@H]1C. The van der Waals surface area contributed by atoms with Gasteiger partial charge >= 0.3 is 0 Å². The Balaban J connectivity index is 1.63. The third kappa shape index (κ3) is 2.64. The predicted molar refractivity (Wildman–Crippen MR) is 101 cm³/mol. The fraction of sp³-hybridized carbons (Fsp3) is 0.263. The Morgan fingerprint density at radius 1 is 1.31 bits per heavy atom. The summed E-state index contributed by atoms with van der Waals surface area (Å²) in [6.07, 6.45) is 2.14. The second-order valence-corrected chi connectivity index (χ2v) is 7.42. The number of hydrogen-bond donors (Lipinski definition) is 0. The van der Waals surface area contributed by atoms with Gasteiger partial charge < -0.3 is 4.90 Å². The van der Waals surface area contributed by atoms with E-state index < -0.39 is 0 Å². The first-order chi connectivity index (χ1) is 12.5. The molecule has 1 aliphatic rings. The summed E-state index contributed by atoms with van der Waals surface area (Å²) in [5, 5.41) is 2.35. The van der Waals surface area contributed by atoms with Gasteiger partial charge in [-0.15, -0.1) is 11.3 Å². The zero-order valence-electron chi connectivity index (χ0n) is 14.4. The number of carbonyl (C=O) groups excluding carboxylic acids is 2. The van der Waals surface area contributed by atoms with Crippen molar-refractivity contribution in [3.8, 4) is 0 Å². The molecule has 3 heterocycles. The van der Waals surface area contributed by atoms with E-state index in [9.17, 15) is 14.4 Å². The van der Waals surface area contributed by atoms with Crippen LogP contribution in [0.5, 0.6) is 0 Å². The number of Topliss-reactive ketones (excluding diaryl/α,β-unsaturated/α-hetero) is 1. The van der Waals surface area contributed by atoms with Crippen molar-refractivity contribution in [2.75, 3.05) is 4.90 Å². The molecule has 0 saturated heterocycles. The summed E-state index contributed by atoms with van der Waals surface area (Å²) < 4.78 is 1.34. The number of thiophene rings is 1. The maximum Gasteiger partial charge on any atom is 0.262 e. The lowest BCUT2D eigenvalue weighted by molar-refractivity contribution is -0.116. The molecule has 0 unspecified atom stereocenters. The second-order valence-electron chi connectivity index (χ2n) is 6.53. The molecule has 4 rings (SSSR count). The smallest absolute Gasteiger partial charge is 0.262 e. The summed E-state index contributed by atoms with van der Waals surface area (Å²) in [7, 11) is 0. The van der Waals surface area contributed by atoms with Gasteiger partial charge in [-0.25, -0.2) is 4.98 Å². The molecular formula is C19H17N3O3S. The summed E-state index contributed by atoms with van der Waals surface area (Å²) in [6.45, 7) is 3.48. The van der Waals surface area contributed by atoms with E-state index in [-0.39, 0.29) is 29.8 Å². The number of carbonyl (C=O) groups is 2. The lowest BCUT2D eigenvalue weighted by Crippen LogP contribution is -2.33. The van der Waals surface area contributed by atoms with Crippen LogP contribution >= 0.6 is 11.3 Å². The molecule has 6 nitrogen and oxygen atoms in total. The summed E-state index contributed by atoms with van der Waals surface area (Å²) in [5.74, 6) is -0.155. The van der Waals surface area contributed by atoms with Crippen molar-refractivity contribution in [3.05, 3.63) is 57.5 Å². The van der Waals surface area contributed by atoms with Crippen molar-refractivity contribution in [1.82, 2.24) is 9.55 Å². The first-order valence-electron chi connectivity index (χ1n) is 8.34. The average Bonchev–Trinajstić information content (AvgIpc) is 3.20. The van der Waals surface area contributed by atoms with Crippen LogP contribution in [0.2, 0.25) is 0 Å². The van der Waals surface area contributed by atoms with Gasteiger partial charge in [-0.3, -0.25) is 19.0 Å². The summed E-state index contributed by atoms with van der Waals surface area (Å²) in [6, 6.07) is 7.18. The minimum Gasteiger partial charge on any atom is -0.309 e. The molecule has 1 atom stereocenters. The van der Waals surface area contributed by atoms with E-state index in [2.05, 4.69) is 4.98 Å². The van der Waals surface area contributed by atoms with Crippen LogP contribution in [-0.4, -0.2) is 27.3 Å². The largest absolute Gasteiger partial charge is 0.309 e. The number of amides is 1. The maximum atomic E-state index is 12.7. The van der Waals surface area contributed by atoms with E-state index in [1.165, 1.54) is 22.2 Å². The predicted octanol–water partition coefficient (Wildman–Crippen LogP) is 2.64. The van der Waals surface area contributed by atoms with E-state index in [0.717, 1.165) is 17.7 Å². The highest BCUT2D eigenvalue weighted by Crippen LogP contribution is 2.33. The van der Waals surface area contributed by atoms with Crippen molar-refractivity contribution < 1.29 is 9.59 Å². The van der Waals surface area contributed by atoms with Crippen molar-refractivity contribution >= 4 is 38.9 Å². The fourth-order valence-corrected chi connectivity index (χ4v) is 4.26. The first kappa shape index (κ1) is 16.7. The van der Waals surface area contributed by atoms with Gasteiger partial charge in [-0.05, 0) is 48.6 Å². The van der Waals surface area contributed by atoms with Crippen LogP contribution in [0.15, 0.2) is 40.8 Å². The molecule has 0 bridgehead atoms. The molecule has 0 radical (unpaired) electrons. The monoisotopic (exact) mass is 367 g/mol. The number of aromatic nitrogens is 2. The van der Waals surface area contributed by atoms with Crippen LogP contribution < -0.4 is 10.5 Å². The Morgan fingerprint density at radius 3 is 2.88 bits per heavy atom. The Labute approximate surface area is 153 Å². The Kier molecular flexibility index (Phi) is 3.96. The van der Waals surface area contributed by atoms with Gasteiger partial charge in [0.1, 0.15) is 4.83 Å². The van der Waals surface area contributed by atoms with Crippen molar-refractivity contribution in [1.29, 1.82) is 0 Å². The minimum atomic E-state index is -0.206. The van der Waals surface area contributed by atoms with E-state index in [4.69, 9.17) is 0 Å². The van der Waals surface area contributed by atoms with Crippen LogP contribution in [0, 0.1) is 0 Å². The van der Waals surface area contributed by atoms with Crippen LogP contribution in [0.4, 0.5) is 5.69 Å². The molecular weight excluding hydrogens is 350 g/mol. The molecule has 0 saturated carbocycles. The first-order valence-corrected chi connectivity index (χ1v) is 9.22. The zero-order chi connectivity index (χ0) is 18.4. The molecule has 7 heteroatoms. The molecule has 1 amide bonds. The molecule has 1 aromatic carbocycles. The van der Waals surface area contributed by atoms with Gasteiger partial charge in [-0.2, -0.15) is 0 Å². The maximum absolute atomic E-state index is 12.7. The number of anilines is 1. The normalized spacial score (nSPS) is 16.1. The third-order valence-corrected chi connectivity index (χ3v) is 5.54. The van der Waals surface area contributed by atoms with Crippen LogP contribution in [0.3, 0.4) is 0 Å². The highest BCUT2D eigenvalue weighted by molar-refractivity contribution is 7.16. The van der Waals surface area contributed by atoms with E-state index in [0.29, 0.717) is 15.8 Å². The molecule has 0 fully saturated rings. The van der Waals surface area contributed by atoms with Crippen LogP contribution in [0.1, 0.15) is 29.8 Å². The lowest BCUT2D eigenvalue weighted by Gasteiger charge is -2.20. The van der Waals surface area contributed by atoms with E-state index in [1.807, 2.05) is 24.4 Å². The second kappa shape index (κ2) is 6.17. The van der Waals surface area contributed by atoms with Gasteiger partial charge in [0.2, 0.25) is 5.91 Å². The van der Waals surface area contributed by atoms with Crippen LogP contribution in [0.25, 0.3) is 10.2 Å². The highest BCUT2D eigenvalue weighted by atomic mass is 32.1. The fourth-order valence-electron chi connectivity index (χ4n) is 3.54. The third-order valence-electron chi connectivity index (χ3n) is 4.72. The Morgan fingerprint density at radius 2 is 2.12 bits per heavy atom. The number of fused-ring (bicyclic) bond motifs is 2. The highest BCUT2D eigenvalue weighted by Gasteiger charge is 2.29. The minimum absolute atomic E-state index is 0.00276. The number of benzene rings is 1. The summed E-state index contributed by atoms with van der Waals surface area (Å²) in [4.78, 5) is 43.6. The van der Waals surface area contributed by atoms with E-state index >= 15 is 0 Å². The molecule has 0 spiro atoms. The average molecular weight is 367 g/mol. The zero-order valence-corrected chi connectivity index (χ0v) is 15.2. The quantitative estimate of drug-likeness (QED) is 0.667. The molecule has 1 aliphatic heterocycles. The van der Waals surface area contributed by atoms with Gasteiger partial charge in [0.15, 0.2) is 5.78 Å². The van der Waals surface area contributed by atoms with Crippen molar-refractivity contribution in [2.24, 2.45) is 0 Å². The van der Waals surface area contributed by atoms with Crippen molar-refractivity contribution in [3.63, 3.8) is 0 Å². The van der Waals surface area contributed by atoms with Gasteiger partial charge in [0, 0.05) is 24.2 Å². The van der Waals surface area contributed by atoms with Gasteiger partial charge in [-0.1, -0.05) is 0 Å². The molecule has 0 N–H and O–H groups in total. The molecule has 132 valence electrons. The van der Waals surface area contributed by atoms with Gasteiger partial charge in [0.05, 0.1) is 18.3 Å². The van der Waals surface area contributed by atoms with E-state index in [1.54, 1.807) is 24.0 Å². The summed E-state index contributed by atoms with van der Waals surface area (Å²) >= 11 is 1.40. The standard InChI is InChI=1S/C19H17N3O3S/c1-11-7-14-8-13(3-4-16(14)22(11)12(2)23)17(24)9-21-10-20-18-15(19(21)25)5-6-26-18/h3-6,8,10-11H,7,9H2,1-2H3/t11-/m0/s1. The molecule has 0 aliphatic carbocycles. The molecule has 3 aromatic rings.